The Hall–Kier alpha value is -0.350. The molecule has 1 N–H and O–H groups in total. The first-order valence-corrected chi connectivity index (χ1v) is 3.98. The summed E-state index contributed by atoms with van der Waals surface area (Å²) in [6.45, 7) is 3.38. The van der Waals surface area contributed by atoms with Crippen molar-refractivity contribution in [3.8, 4) is 0 Å². The summed E-state index contributed by atoms with van der Waals surface area (Å²) in [5.41, 5.74) is 0. The quantitative estimate of drug-likeness (QED) is 0.368. The van der Waals surface area contributed by atoms with Gasteiger partial charge in [-0.05, 0) is 12.8 Å². The second-order valence-electron chi connectivity index (χ2n) is 1.55. The van der Waals surface area contributed by atoms with E-state index in [2.05, 4.69) is 6.58 Å². The average molecular weight is 149 g/mol. The maximum Gasteiger partial charge on any atom is 0.269 e. The lowest BCUT2D eigenvalue weighted by Crippen LogP contribution is -1.96. The lowest BCUT2D eigenvalue weighted by Gasteiger charge is -1.90. The summed E-state index contributed by atoms with van der Waals surface area (Å²) >= 11 is 0. The Kier molecular flexibility index (Phi) is 3.49. The molecule has 0 aliphatic carbocycles. The fraction of sp³-hybridized carbons (Fsp3) is 0.400. The monoisotopic (exact) mass is 149 g/mol. The molecule has 0 unspecified atom stereocenters. The van der Waals surface area contributed by atoms with Gasteiger partial charge in [0.05, 0.1) is 0 Å². The van der Waals surface area contributed by atoms with Crippen LogP contribution in [0.3, 0.4) is 0 Å². The molecule has 0 atom stereocenters. The van der Waals surface area contributed by atoms with Gasteiger partial charge >= 0.3 is 0 Å². The van der Waals surface area contributed by atoms with Crippen LogP contribution in [0.15, 0.2) is 12.7 Å². The number of allylic oxidation sites excluding steroid dienone is 1. The van der Waals surface area contributed by atoms with Crippen molar-refractivity contribution < 1.29 is 13.0 Å². The summed E-state index contributed by atoms with van der Waals surface area (Å²) in [6.07, 6.45) is 2.48. The van der Waals surface area contributed by atoms with E-state index in [1.54, 1.807) is 6.08 Å². The Morgan fingerprint density at radius 3 is 2.33 bits per heavy atom. The Bertz CT molecular complexity index is 169. The zero-order chi connectivity index (χ0) is 7.33. The molecule has 0 amide bonds. The maximum absolute atomic E-state index is 9.97. The summed E-state index contributed by atoms with van der Waals surface area (Å²) in [7, 11) is -3.87. The van der Waals surface area contributed by atoms with Crippen LogP contribution in [-0.2, 0) is 10.1 Å². The molecule has 0 spiro atoms. The molecule has 0 aromatic rings. The van der Waals surface area contributed by atoms with E-state index in [-0.39, 0.29) is 0 Å². The van der Waals surface area contributed by atoms with Crippen molar-refractivity contribution in [3.05, 3.63) is 18.4 Å². The van der Waals surface area contributed by atoms with Crippen LogP contribution in [0.2, 0.25) is 0 Å². The Labute approximate surface area is 55.1 Å². The third kappa shape index (κ3) is 7.65. The van der Waals surface area contributed by atoms with Gasteiger partial charge in [-0.15, -0.1) is 6.58 Å². The highest BCUT2D eigenvalue weighted by Gasteiger charge is 2.01. The Morgan fingerprint density at radius 2 is 2.00 bits per heavy atom. The van der Waals surface area contributed by atoms with Crippen LogP contribution >= 0.6 is 0 Å². The van der Waals surface area contributed by atoms with E-state index in [9.17, 15) is 8.42 Å². The lowest BCUT2D eigenvalue weighted by molar-refractivity contribution is 0.488. The smallest absolute Gasteiger partial charge is 0.269 e. The third-order valence-electron chi connectivity index (χ3n) is 0.699. The molecule has 9 heavy (non-hydrogen) atoms. The van der Waals surface area contributed by atoms with E-state index < -0.39 is 10.1 Å². The molecule has 0 aromatic carbocycles. The molecule has 0 heterocycles. The lowest BCUT2D eigenvalue weighted by atomic mass is 10.3. The van der Waals surface area contributed by atoms with Crippen LogP contribution < -0.4 is 0 Å². The minimum Gasteiger partial charge on any atom is -0.285 e. The first-order valence-electron chi connectivity index (χ1n) is 2.48. The van der Waals surface area contributed by atoms with Crippen molar-refractivity contribution in [2.75, 3.05) is 0 Å². The van der Waals surface area contributed by atoms with E-state index >= 15 is 0 Å². The molecule has 53 valence electrons. The van der Waals surface area contributed by atoms with E-state index in [0.717, 1.165) is 5.75 Å². The number of rotatable bonds is 4. The standard InChI is InChI=1S/C5H9O3S/c1-2-3-4-5-9(6,7)8/h2,5H,1,3-4H2,(H,6,7,8). The van der Waals surface area contributed by atoms with Gasteiger partial charge in [-0.3, -0.25) is 4.55 Å². The zero-order valence-corrected chi connectivity index (χ0v) is 5.76. The number of hydrogen-bond donors (Lipinski definition) is 1. The van der Waals surface area contributed by atoms with E-state index in [0.29, 0.717) is 12.8 Å². The molecule has 0 aliphatic heterocycles. The molecule has 0 aliphatic rings. The van der Waals surface area contributed by atoms with Crippen LogP contribution in [0.4, 0.5) is 0 Å². The minimum atomic E-state index is -3.87. The van der Waals surface area contributed by atoms with Crippen molar-refractivity contribution in [2.45, 2.75) is 12.8 Å². The predicted octanol–water partition coefficient (Wildman–Crippen LogP) is 1.00. The molecule has 0 fully saturated rings. The van der Waals surface area contributed by atoms with E-state index in [1.807, 2.05) is 0 Å². The maximum atomic E-state index is 9.97. The SMILES string of the molecule is C=CCC[CH]S(=O)(=O)O. The van der Waals surface area contributed by atoms with Crippen LogP contribution in [0.25, 0.3) is 0 Å². The van der Waals surface area contributed by atoms with Crippen LogP contribution in [0, 0.1) is 5.75 Å². The molecule has 4 heteroatoms. The molecule has 0 saturated heterocycles. The second-order valence-corrected chi connectivity index (χ2v) is 2.91. The van der Waals surface area contributed by atoms with Gasteiger partial charge in [0.2, 0.25) is 0 Å². The van der Waals surface area contributed by atoms with Gasteiger partial charge in [-0.2, -0.15) is 8.42 Å². The molecular formula is C5H9O3S. The summed E-state index contributed by atoms with van der Waals surface area (Å²) in [5.74, 6) is 0.856. The van der Waals surface area contributed by atoms with Crippen molar-refractivity contribution in [1.29, 1.82) is 0 Å². The first kappa shape index (κ1) is 8.65. The van der Waals surface area contributed by atoms with Gasteiger partial charge < -0.3 is 0 Å². The average Bonchev–Trinajstić information content (AvgIpc) is 1.63. The van der Waals surface area contributed by atoms with Gasteiger partial charge in [-0.25, -0.2) is 0 Å². The zero-order valence-electron chi connectivity index (χ0n) is 4.95. The summed E-state index contributed by atoms with van der Waals surface area (Å²) < 4.78 is 28.1. The van der Waals surface area contributed by atoms with Gasteiger partial charge in [-0.1, -0.05) is 6.08 Å². The first-order chi connectivity index (χ1) is 4.06. The summed E-state index contributed by atoms with van der Waals surface area (Å²) in [5, 5.41) is 0. The highest BCUT2D eigenvalue weighted by molar-refractivity contribution is 7.87. The summed E-state index contributed by atoms with van der Waals surface area (Å²) in [6, 6.07) is 0. The predicted molar refractivity (Wildman–Crippen MR) is 35.3 cm³/mol. The highest BCUT2D eigenvalue weighted by Crippen LogP contribution is 1.99. The summed E-state index contributed by atoms with van der Waals surface area (Å²) in [4.78, 5) is 0. The molecule has 0 bridgehead atoms. The van der Waals surface area contributed by atoms with Crippen molar-refractivity contribution >= 4 is 10.1 Å². The van der Waals surface area contributed by atoms with Crippen molar-refractivity contribution in [2.24, 2.45) is 0 Å². The second kappa shape index (κ2) is 3.63. The Balaban J connectivity index is 3.40. The Morgan fingerprint density at radius 1 is 1.44 bits per heavy atom. The molecule has 1 radical (unpaired) electrons. The highest BCUT2D eigenvalue weighted by atomic mass is 32.2. The number of hydrogen-bond acceptors (Lipinski definition) is 2. The van der Waals surface area contributed by atoms with Gasteiger partial charge in [0, 0.05) is 0 Å². The van der Waals surface area contributed by atoms with E-state index in [4.69, 9.17) is 4.55 Å². The van der Waals surface area contributed by atoms with Crippen molar-refractivity contribution in [1.82, 2.24) is 0 Å². The number of unbranched alkanes of at least 4 members (excludes halogenated alkanes) is 1. The van der Waals surface area contributed by atoms with Gasteiger partial charge in [0.25, 0.3) is 10.1 Å². The van der Waals surface area contributed by atoms with Crippen LogP contribution in [-0.4, -0.2) is 13.0 Å². The largest absolute Gasteiger partial charge is 0.285 e. The molecule has 0 saturated carbocycles. The third-order valence-corrected chi connectivity index (χ3v) is 1.36. The molecule has 0 aromatic heterocycles. The van der Waals surface area contributed by atoms with E-state index in [1.165, 1.54) is 0 Å². The van der Waals surface area contributed by atoms with Crippen molar-refractivity contribution in [3.63, 3.8) is 0 Å². The van der Waals surface area contributed by atoms with Crippen LogP contribution in [0.5, 0.6) is 0 Å². The minimum absolute atomic E-state index is 0.322. The topological polar surface area (TPSA) is 54.4 Å². The molecule has 3 nitrogen and oxygen atoms in total. The molecular weight excluding hydrogens is 140 g/mol. The van der Waals surface area contributed by atoms with Crippen LogP contribution in [0.1, 0.15) is 12.8 Å². The molecule has 0 rings (SSSR count). The fourth-order valence-electron chi connectivity index (χ4n) is 0.335. The van der Waals surface area contributed by atoms with Gasteiger partial charge in [0.1, 0.15) is 5.75 Å². The normalized spacial score (nSPS) is 11.2. The fourth-order valence-corrected chi connectivity index (χ4v) is 0.769. The van der Waals surface area contributed by atoms with Gasteiger partial charge in [0.15, 0.2) is 0 Å².